The fraction of sp³-hybridized carbons (Fsp3) is 0.538. The van der Waals surface area contributed by atoms with Gasteiger partial charge >= 0.3 is 6.03 Å². The number of ether oxygens (including phenoxy) is 1. The molecule has 5 nitrogen and oxygen atoms in total. The zero-order valence-electron chi connectivity index (χ0n) is 11.1. The summed E-state index contributed by atoms with van der Waals surface area (Å²) in [6.45, 7) is 4.17. The van der Waals surface area contributed by atoms with Gasteiger partial charge in [0.2, 0.25) is 5.88 Å². The minimum Gasteiger partial charge on any atom is -0.474 e. The minimum atomic E-state index is -0.462. The largest absolute Gasteiger partial charge is 0.474 e. The molecule has 0 aromatic carbocycles. The Labute approximate surface area is 121 Å². The lowest BCUT2D eigenvalue weighted by atomic mass is 10.1. The summed E-state index contributed by atoms with van der Waals surface area (Å²) in [5.41, 5.74) is -0.462. The SMILES string of the molecule is CC(C)(COc1ncccc1Br)NC(=O)NC1CC1. The zero-order chi connectivity index (χ0) is 13.9. The predicted octanol–water partition coefficient (Wildman–Crippen LogP) is 2.46. The second-order valence-electron chi connectivity index (χ2n) is 5.34. The van der Waals surface area contributed by atoms with Gasteiger partial charge < -0.3 is 15.4 Å². The van der Waals surface area contributed by atoms with Crippen molar-refractivity contribution in [3.05, 3.63) is 22.8 Å². The first-order valence-corrected chi connectivity index (χ1v) is 7.07. The molecule has 0 unspecified atom stereocenters. The van der Waals surface area contributed by atoms with E-state index < -0.39 is 5.54 Å². The monoisotopic (exact) mass is 327 g/mol. The third-order valence-corrected chi connectivity index (χ3v) is 3.26. The van der Waals surface area contributed by atoms with Gasteiger partial charge in [0, 0.05) is 12.2 Å². The molecule has 2 rings (SSSR count). The maximum atomic E-state index is 11.7. The van der Waals surface area contributed by atoms with E-state index in [0.29, 0.717) is 18.5 Å². The summed E-state index contributed by atoms with van der Waals surface area (Å²) in [6, 6.07) is 3.89. The van der Waals surface area contributed by atoms with E-state index in [1.165, 1.54) is 0 Å². The van der Waals surface area contributed by atoms with Crippen molar-refractivity contribution >= 4 is 22.0 Å². The van der Waals surface area contributed by atoms with Gasteiger partial charge in [-0.1, -0.05) is 0 Å². The molecule has 19 heavy (non-hydrogen) atoms. The van der Waals surface area contributed by atoms with E-state index in [0.717, 1.165) is 17.3 Å². The molecule has 1 heterocycles. The van der Waals surface area contributed by atoms with Gasteiger partial charge in [0.25, 0.3) is 0 Å². The molecule has 0 bridgehead atoms. The van der Waals surface area contributed by atoms with E-state index in [1.807, 2.05) is 26.0 Å². The number of rotatable bonds is 5. The van der Waals surface area contributed by atoms with Crippen LogP contribution in [0.2, 0.25) is 0 Å². The van der Waals surface area contributed by atoms with Crippen LogP contribution in [-0.4, -0.2) is 29.2 Å². The molecule has 1 saturated carbocycles. The van der Waals surface area contributed by atoms with Crippen LogP contribution in [0.4, 0.5) is 4.79 Å². The summed E-state index contributed by atoms with van der Waals surface area (Å²) in [6.07, 6.45) is 3.82. The van der Waals surface area contributed by atoms with E-state index in [1.54, 1.807) is 6.20 Å². The standard InChI is InChI=1S/C13H18BrN3O2/c1-13(2,17-12(18)16-9-5-6-9)8-19-11-10(14)4-3-7-15-11/h3-4,7,9H,5-6,8H2,1-2H3,(H2,16,17,18). The summed E-state index contributed by atoms with van der Waals surface area (Å²) in [7, 11) is 0. The average Bonchev–Trinajstić information content (AvgIpc) is 3.11. The molecule has 6 heteroatoms. The smallest absolute Gasteiger partial charge is 0.315 e. The summed E-state index contributed by atoms with van der Waals surface area (Å²) in [5.74, 6) is 0.528. The molecule has 2 N–H and O–H groups in total. The van der Waals surface area contributed by atoms with Gasteiger partial charge in [0.15, 0.2) is 0 Å². The lowest BCUT2D eigenvalue weighted by molar-refractivity contribution is 0.190. The number of urea groups is 1. The maximum Gasteiger partial charge on any atom is 0.315 e. The number of hydrogen-bond acceptors (Lipinski definition) is 3. The molecular formula is C13H18BrN3O2. The van der Waals surface area contributed by atoms with Crippen LogP contribution in [-0.2, 0) is 0 Å². The zero-order valence-corrected chi connectivity index (χ0v) is 12.7. The van der Waals surface area contributed by atoms with Crippen LogP contribution in [0.3, 0.4) is 0 Å². The number of amides is 2. The fourth-order valence-electron chi connectivity index (χ4n) is 1.52. The molecule has 0 radical (unpaired) electrons. The van der Waals surface area contributed by atoms with Crippen LogP contribution in [0.25, 0.3) is 0 Å². The summed E-state index contributed by atoms with van der Waals surface area (Å²) in [5, 5.41) is 5.79. The summed E-state index contributed by atoms with van der Waals surface area (Å²) < 4.78 is 6.42. The Hall–Kier alpha value is -1.30. The fourth-order valence-corrected chi connectivity index (χ4v) is 1.89. The number of hydrogen-bond donors (Lipinski definition) is 2. The third-order valence-electron chi connectivity index (χ3n) is 2.66. The first-order chi connectivity index (χ1) is 8.96. The molecule has 2 amide bonds. The van der Waals surface area contributed by atoms with E-state index in [4.69, 9.17) is 4.74 Å². The highest BCUT2D eigenvalue weighted by Gasteiger charge is 2.27. The van der Waals surface area contributed by atoms with Gasteiger partial charge in [-0.2, -0.15) is 0 Å². The molecular weight excluding hydrogens is 310 g/mol. The Morgan fingerprint density at radius 3 is 2.95 bits per heavy atom. The van der Waals surface area contributed by atoms with Gasteiger partial charge in [-0.15, -0.1) is 0 Å². The lowest BCUT2D eigenvalue weighted by Crippen LogP contribution is -2.52. The van der Waals surface area contributed by atoms with Gasteiger partial charge in [0.1, 0.15) is 6.61 Å². The molecule has 0 saturated heterocycles. The number of pyridine rings is 1. The Morgan fingerprint density at radius 2 is 2.32 bits per heavy atom. The topological polar surface area (TPSA) is 63.2 Å². The molecule has 0 spiro atoms. The Morgan fingerprint density at radius 1 is 1.58 bits per heavy atom. The van der Waals surface area contributed by atoms with Crippen molar-refractivity contribution in [2.75, 3.05) is 6.61 Å². The van der Waals surface area contributed by atoms with Crippen molar-refractivity contribution in [1.82, 2.24) is 15.6 Å². The highest BCUT2D eigenvalue weighted by molar-refractivity contribution is 9.10. The first kappa shape index (κ1) is 14.1. The minimum absolute atomic E-state index is 0.142. The van der Waals surface area contributed by atoms with E-state index in [2.05, 4.69) is 31.5 Å². The molecule has 1 aromatic heterocycles. The van der Waals surface area contributed by atoms with Crippen molar-refractivity contribution in [2.45, 2.75) is 38.3 Å². The molecule has 1 aliphatic carbocycles. The Balaban J connectivity index is 1.82. The highest BCUT2D eigenvalue weighted by atomic mass is 79.9. The number of nitrogens with zero attached hydrogens (tertiary/aromatic N) is 1. The highest BCUT2D eigenvalue weighted by Crippen LogP contribution is 2.22. The van der Waals surface area contributed by atoms with Crippen molar-refractivity contribution in [3.63, 3.8) is 0 Å². The predicted molar refractivity (Wildman–Crippen MR) is 76.2 cm³/mol. The molecule has 1 fully saturated rings. The van der Waals surface area contributed by atoms with Gasteiger partial charge in [-0.05, 0) is 54.8 Å². The van der Waals surface area contributed by atoms with Gasteiger partial charge in [0.05, 0.1) is 10.0 Å². The van der Waals surface area contributed by atoms with Crippen molar-refractivity contribution in [1.29, 1.82) is 0 Å². The van der Waals surface area contributed by atoms with Crippen LogP contribution < -0.4 is 15.4 Å². The van der Waals surface area contributed by atoms with E-state index in [-0.39, 0.29) is 6.03 Å². The number of carbonyl (C=O) groups excluding carboxylic acids is 1. The van der Waals surface area contributed by atoms with Crippen LogP contribution >= 0.6 is 15.9 Å². The maximum absolute atomic E-state index is 11.7. The van der Waals surface area contributed by atoms with Crippen molar-refractivity contribution in [2.24, 2.45) is 0 Å². The van der Waals surface area contributed by atoms with Gasteiger partial charge in [-0.3, -0.25) is 0 Å². The Kier molecular flexibility index (Phi) is 4.29. The lowest BCUT2D eigenvalue weighted by Gasteiger charge is -2.26. The third kappa shape index (κ3) is 4.70. The summed E-state index contributed by atoms with van der Waals surface area (Å²) in [4.78, 5) is 15.8. The normalized spacial score (nSPS) is 14.9. The van der Waals surface area contributed by atoms with Crippen LogP contribution in [0.1, 0.15) is 26.7 Å². The molecule has 0 atom stereocenters. The van der Waals surface area contributed by atoms with Gasteiger partial charge in [-0.25, -0.2) is 9.78 Å². The molecule has 1 aromatic rings. The molecule has 0 aliphatic heterocycles. The van der Waals surface area contributed by atoms with Crippen molar-refractivity contribution in [3.8, 4) is 5.88 Å². The molecule has 1 aliphatic rings. The van der Waals surface area contributed by atoms with Crippen molar-refractivity contribution < 1.29 is 9.53 Å². The van der Waals surface area contributed by atoms with Crippen LogP contribution in [0.5, 0.6) is 5.88 Å². The number of nitrogens with one attached hydrogen (secondary N) is 2. The second-order valence-corrected chi connectivity index (χ2v) is 6.19. The second kappa shape index (κ2) is 5.77. The quantitative estimate of drug-likeness (QED) is 0.873. The van der Waals surface area contributed by atoms with E-state index in [9.17, 15) is 4.79 Å². The number of carbonyl (C=O) groups is 1. The first-order valence-electron chi connectivity index (χ1n) is 6.28. The van der Waals surface area contributed by atoms with Crippen LogP contribution in [0.15, 0.2) is 22.8 Å². The van der Waals surface area contributed by atoms with Crippen LogP contribution in [0, 0.1) is 0 Å². The number of halogens is 1. The average molecular weight is 328 g/mol. The number of aromatic nitrogens is 1. The summed E-state index contributed by atoms with van der Waals surface area (Å²) >= 11 is 3.37. The Bertz CT molecular complexity index is 461. The molecule has 104 valence electrons. The van der Waals surface area contributed by atoms with E-state index >= 15 is 0 Å².